The zero-order chi connectivity index (χ0) is 19.4. The Morgan fingerprint density at radius 1 is 1.30 bits per heavy atom. The SMILES string of the molecule is CC[C@]1(c2cccc(C(F)(F)F)c2)C2=CN=NC2NC2=C1C(=O)N[C@@H](C)C2. The van der Waals surface area contributed by atoms with Crippen molar-refractivity contribution in [1.29, 1.82) is 0 Å². The van der Waals surface area contributed by atoms with E-state index < -0.39 is 23.3 Å². The fourth-order valence-electron chi connectivity index (χ4n) is 4.39. The molecule has 142 valence electrons. The number of carbonyl (C=O) groups excluding carboxylic acids is 1. The topological polar surface area (TPSA) is 65.8 Å². The Hall–Kier alpha value is -2.64. The summed E-state index contributed by atoms with van der Waals surface area (Å²) in [5.74, 6) is -0.262. The summed E-state index contributed by atoms with van der Waals surface area (Å²) in [6.07, 6.45) is -2.37. The van der Waals surface area contributed by atoms with Gasteiger partial charge in [-0.3, -0.25) is 4.79 Å². The van der Waals surface area contributed by atoms with Gasteiger partial charge in [0, 0.05) is 23.7 Å². The quantitative estimate of drug-likeness (QED) is 0.825. The maximum absolute atomic E-state index is 13.3. The van der Waals surface area contributed by atoms with E-state index in [1.54, 1.807) is 12.3 Å². The third-order valence-electron chi connectivity index (χ3n) is 5.53. The molecular formula is C19H19F3N4O. The molecular weight excluding hydrogens is 357 g/mol. The molecule has 2 N–H and O–H groups in total. The highest BCUT2D eigenvalue weighted by Crippen LogP contribution is 2.51. The first kappa shape index (κ1) is 17.8. The summed E-state index contributed by atoms with van der Waals surface area (Å²) in [5.41, 5.74) is 0.600. The molecule has 8 heteroatoms. The van der Waals surface area contributed by atoms with E-state index in [9.17, 15) is 18.0 Å². The van der Waals surface area contributed by atoms with Crippen LogP contribution in [-0.2, 0) is 16.4 Å². The van der Waals surface area contributed by atoms with Gasteiger partial charge in [0.1, 0.15) is 0 Å². The van der Waals surface area contributed by atoms with Gasteiger partial charge in [0.2, 0.25) is 5.91 Å². The number of nitrogens with zero attached hydrogens (tertiary/aromatic N) is 2. The molecule has 0 bridgehead atoms. The van der Waals surface area contributed by atoms with Crippen LogP contribution in [0.15, 0.2) is 57.5 Å². The Morgan fingerprint density at radius 2 is 2.07 bits per heavy atom. The van der Waals surface area contributed by atoms with Crippen LogP contribution in [0.3, 0.4) is 0 Å². The van der Waals surface area contributed by atoms with Gasteiger partial charge < -0.3 is 10.6 Å². The van der Waals surface area contributed by atoms with E-state index in [0.717, 1.165) is 17.8 Å². The first-order valence-corrected chi connectivity index (χ1v) is 8.86. The van der Waals surface area contributed by atoms with Crippen LogP contribution in [0.5, 0.6) is 0 Å². The number of amides is 1. The number of nitrogens with one attached hydrogen (secondary N) is 2. The number of rotatable bonds is 2. The monoisotopic (exact) mass is 376 g/mol. The van der Waals surface area contributed by atoms with Crippen molar-refractivity contribution in [2.75, 3.05) is 0 Å². The molecule has 1 aromatic carbocycles. The number of carbonyl (C=O) groups is 1. The van der Waals surface area contributed by atoms with Crippen molar-refractivity contribution in [3.8, 4) is 0 Å². The van der Waals surface area contributed by atoms with Gasteiger partial charge in [-0.1, -0.05) is 25.1 Å². The van der Waals surface area contributed by atoms with Crippen LogP contribution in [0, 0.1) is 0 Å². The molecule has 3 aliphatic heterocycles. The second-order valence-electron chi connectivity index (χ2n) is 7.13. The number of hydrogen-bond donors (Lipinski definition) is 2. The van der Waals surface area contributed by atoms with Gasteiger partial charge in [-0.15, -0.1) is 0 Å². The second-order valence-corrected chi connectivity index (χ2v) is 7.13. The fraction of sp³-hybridized carbons (Fsp3) is 0.421. The van der Waals surface area contributed by atoms with Crippen LogP contribution in [0.25, 0.3) is 0 Å². The van der Waals surface area contributed by atoms with Crippen LogP contribution < -0.4 is 10.6 Å². The summed E-state index contributed by atoms with van der Waals surface area (Å²) in [7, 11) is 0. The Kier molecular flexibility index (Phi) is 3.90. The Morgan fingerprint density at radius 3 is 2.78 bits per heavy atom. The lowest BCUT2D eigenvalue weighted by atomic mass is 9.62. The number of azo groups is 1. The van der Waals surface area contributed by atoms with Crippen LogP contribution in [0.1, 0.15) is 37.8 Å². The van der Waals surface area contributed by atoms with Crippen molar-refractivity contribution in [1.82, 2.24) is 10.6 Å². The van der Waals surface area contributed by atoms with E-state index >= 15 is 0 Å². The first-order valence-electron chi connectivity index (χ1n) is 8.86. The molecule has 0 spiro atoms. The third-order valence-corrected chi connectivity index (χ3v) is 5.53. The summed E-state index contributed by atoms with van der Waals surface area (Å²) in [6, 6.07) is 5.15. The first-order chi connectivity index (χ1) is 12.8. The molecule has 0 saturated heterocycles. The average molecular weight is 376 g/mol. The van der Waals surface area contributed by atoms with Crippen LogP contribution in [0.4, 0.5) is 13.2 Å². The number of benzene rings is 1. The number of halogens is 3. The highest BCUT2D eigenvalue weighted by Gasteiger charge is 2.52. The van der Waals surface area contributed by atoms with Gasteiger partial charge in [-0.2, -0.15) is 23.4 Å². The van der Waals surface area contributed by atoms with Crippen LogP contribution in [-0.4, -0.2) is 18.1 Å². The molecule has 1 aromatic rings. The molecule has 3 aliphatic rings. The normalized spacial score (nSPS) is 29.7. The molecule has 0 aliphatic carbocycles. The fourth-order valence-corrected chi connectivity index (χ4v) is 4.39. The van der Waals surface area contributed by atoms with Crippen molar-refractivity contribution < 1.29 is 18.0 Å². The molecule has 0 radical (unpaired) electrons. The highest BCUT2D eigenvalue weighted by atomic mass is 19.4. The van der Waals surface area contributed by atoms with E-state index in [0.29, 0.717) is 29.6 Å². The summed E-state index contributed by atoms with van der Waals surface area (Å²) in [6.45, 7) is 3.76. The minimum Gasteiger partial charge on any atom is -0.362 e. The van der Waals surface area contributed by atoms with Crippen LogP contribution in [0.2, 0.25) is 0 Å². The minimum absolute atomic E-state index is 0.0660. The zero-order valence-corrected chi connectivity index (χ0v) is 14.9. The second kappa shape index (κ2) is 5.94. The molecule has 1 unspecified atom stereocenters. The lowest BCUT2D eigenvalue weighted by Crippen LogP contribution is -2.55. The number of hydrogen-bond acceptors (Lipinski definition) is 4. The van der Waals surface area contributed by atoms with E-state index in [1.807, 2.05) is 13.8 Å². The molecule has 0 fully saturated rings. The predicted octanol–water partition coefficient (Wildman–Crippen LogP) is 3.79. The van der Waals surface area contributed by atoms with Crippen molar-refractivity contribution in [2.24, 2.45) is 10.2 Å². The van der Waals surface area contributed by atoms with Crippen molar-refractivity contribution in [3.05, 3.63) is 58.4 Å². The van der Waals surface area contributed by atoms with Gasteiger partial charge in [0.15, 0.2) is 6.17 Å². The molecule has 0 aromatic heterocycles. The largest absolute Gasteiger partial charge is 0.416 e. The molecule has 4 rings (SSSR count). The van der Waals surface area contributed by atoms with E-state index in [2.05, 4.69) is 20.9 Å². The molecule has 0 saturated carbocycles. The van der Waals surface area contributed by atoms with Crippen molar-refractivity contribution in [3.63, 3.8) is 0 Å². The summed E-state index contributed by atoms with van der Waals surface area (Å²) >= 11 is 0. The van der Waals surface area contributed by atoms with Gasteiger partial charge in [-0.05, 0) is 25.0 Å². The van der Waals surface area contributed by atoms with E-state index in [-0.39, 0.29) is 11.9 Å². The summed E-state index contributed by atoms with van der Waals surface area (Å²) in [4.78, 5) is 12.9. The van der Waals surface area contributed by atoms with E-state index in [1.165, 1.54) is 6.07 Å². The summed E-state index contributed by atoms with van der Waals surface area (Å²) in [5, 5.41) is 14.3. The number of fused-ring (bicyclic) bond motifs is 1. The lowest BCUT2D eigenvalue weighted by molar-refractivity contribution is -0.137. The molecule has 5 nitrogen and oxygen atoms in total. The Labute approximate surface area is 154 Å². The molecule has 3 atom stereocenters. The van der Waals surface area contributed by atoms with Crippen molar-refractivity contribution in [2.45, 2.75) is 50.5 Å². The Balaban J connectivity index is 1.98. The molecule has 3 heterocycles. The third kappa shape index (κ3) is 2.57. The Bertz CT molecular complexity index is 902. The summed E-state index contributed by atoms with van der Waals surface area (Å²) < 4.78 is 40.0. The predicted molar refractivity (Wildman–Crippen MR) is 92.5 cm³/mol. The van der Waals surface area contributed by atoms with Crippen LogP contribution >= 0.6 is 0 Å². The minimum atomic E-state index is -4.46. The number of alkyl halides is 3. The molecule has 27 heavy (non-hydrogen) atoms. The van der Waals surface area contributed by atoms with Crippen molar-refractivity contribution >= 4 is 5.91 Å². The van der Waals surface area contributed by atoms with Gasteiger partial charge >= 0.3 is 6.18 Å². The van der Waals surface area contributed by atoms with Gasteiger partial charge in [-0.25, -0.2) is 0 Å². The lowest BCUT2D eigenvalue weighted by Gasteiger charge is -2.46. The zero-order valence-electron chi connectivity index (χ0n) is 14.9. The highest BCUT2D eigenvalue weighted by molar-refractivity contribution is 5.99. The van der Waals surface area contributed by atoms with E-state index in [4.69, 9.17) is 0 Å². The van der Waals surface area contributed by atoms with Gasteiger partial charge in [0.05, 0.1) is 22.8 Å². The standard InChI is InChI=1S/C19H19F3N4O/c1-3-18(11-5-4-6-12(8-11)19(20,21)22)13-9-23-26-16(13)25-14-7-10(2)24-17(27)15(14)18/h4-6,8-10,16,25H,3,7H2,1-2H3,(H,24,27)/t10-,16?,18-/m0/s1. The molecule has 1 amide bonds. The maximum Gasteiger partial charge on any atom is 0.416 e. The smallest absolute Gasteiger partial charge is 0.362 e. The average Bonchev–Trinajstić information content (AvgIpc) is 3.07. The maximum atomic E-state index is 13.3. The van der Waals surface area contributed by atoms with Gasteiger partial charge in [0.25, 0.3) is 0 Å².